The highest BCUT2D eigenvalue weighted by Crippen LogP contribution is 2.29. The van der Waals surface area contributed by atoms with E-state index in [2.05, 4.69) is 43.4 Å². The first-order valence-corrected chi connectivity index (χ1v) is 7.64. The number of carbonyl (C=O) groups excluding carboxylic acids is 1. The van der Waals surface area contributed by atoms with Crippen LogP contribution in [0.2, 0.25) is 0 Å². The molecule has 1 aromatic rings. The van der Waals surface area contributed by atoms with Crippen LogP contribution in [0.25, 0.3) is 0 Å². The van der Waals surface area contributed by atoms with Crippen molar-refractivity contribution in [3.8, 4) is 0 Å². The van der Waals surface area contributed by atoms with Gasteiger partial charge in [0, 0.05) is 6.54 Å². The van der Waals surface area contributed by atoms with E-state index in [4.69, 9.17) is 5.73 Å². The Morgan fingerprint density at radius 2 is 1.75 bits per heavy atom. The second kappa shape index (κ2) is 6.40. The quantitative estimate of drug-likeness (QED) is 0.838. The standard InChI is InChI=1S/C17H26N2O/c1-13(2)11-14-5-7-15(8-6-14)12-19-17(16(18)20)9-3-4-10-17/h5-8,13,19H,3-4,9-12H2,1-2H3,(H2,18,20). The van der Waals surface area contributed by atoms with Crippen LogP contribution in [0.5, 0.6) is 0 Å². The Balaban J connectivity index is 1.95. The molecule has 110 valence electrons. The van der Waals surface area contributed by atoms with E-state index in [0.29, 0.717) is 12.5 Å². The summed E-state index contributed by atoms with van der Waals surface area (Å²) in [5, 5.41) is 3.40. The largest absolute Gasteiger partial charge is 0.368 e. The molecule has 3 N–H and O–H groups in total. The highest BCUT2D eigenvalue weighted by molar-refractivity contribution is 5.85. The van der Waals surface area contributed by atoms with Crippen LogP contribution in [0.1, 0.15) is 50.7 Å². The number of carbonyl (C=O) groups is 1. The van der Waals surface area contributed by atoms with E-state index in [1.165, 1.54) is 11.1 Å². The van der Waals surface area contributed by atoms with Crippen molar-refractivity contribution in [1.82, 2.24) is 5.32 Å². The van der Waals surface area contributed by atoms with E-state index in [1.54, 1.807) is 0 Å². The molecule has 2 rings (SSSR count). The summed E-state index contributed by atoms with van der Waals surface area (Å²) < 4.78 is 0. The van der Waals surface area contributed by atoms with Crippen molar-refractivity contribution in [3.63, 3.8) is 0 Å². The fourth-order valence-corrected chi connectivity index (χ4v) is 3.02. The number of hydrogen-bond donors (Lipinski definition) is 2. The van der Waals surface area contributed by atoms with Gasteiger partial charge in [0.15, 0.2) is 0 Å². The summed E-state index contributed by atoms with van der Waals surface area (Å²) in [5.74, 6) is 0.474. The number of nitrogens with one attached hydrogen (secondary N) is 1. The van der Waals surface area contributed by atoms with Crippen molar-refractivity contribution in [2.75, 3.05) is 0 Å². The van der Waals surface area contributed by atoms with Gasteiger partial charge in [-0.1, -0.05) is 51.0 Å². The fraction of sp³-hybridized carbons (Fsp3) is 0.588. The molecule has 20 heavy (non-hydrogen) atoms. The third kappa shape index (κ3) is 3.60. The number of amides is 1. The lowest BCUT2D eigenvalue weighted by molar-refractivity contribution is -0.124. The van der Waals surface area contributed by atoms with E-state index in [0.717, 1.165) is 32.1 Å². The topological polar surface area (TPSA) is 55.1 Å². The summed E-state index contributed by atoms with van der Waals surface area (Å²) in [6, 6.07) is 8.66. The van der Waals surface area contributed by atoms with E-state index >= 15 is 0 Å². The van der Waals surface area contributed by atoms with Crippen LogP contribution in [0.15, 0.2) is 24.3 Å². The van der Waals surface area contributed by atoms with Gasteiger partial charge in [0.2, 0.25) is 5.91 Å². The predicted octanol–water partition coefficient (Wildman–Crippen LogP) is 2.77. The van der Waals surface area contributed by atoms with Crippen LogP contribution in [0.3, 0.4) is 0 Å². The third-order valence-electron chi connectivity index (χ3n) is 4.23. The highest BCUT2D eigenvalue weighted by Gasteiger charge is 2.38. The molecule has 0 unspecified atom stereocenters. The Morgan fingerprint density at radius 3 is 2.25 bits per heavy atom. The van der Waals surface area contributed by atoms with E-state index in [9.17, 15) is 4.79 Å². The second-order valence-corrected chi connectivity index (χ2v) is 6.42. The van der Waals surface area contributed by atoms with Crippen LogP contribution >= 0.6 is 0 Å². The molecule has 1 amide bonds. The van der Waals surface area contributed by atoms with E-state index < -0.39 is 5.54 Å². The predicted molar refractivity (Wildman–Crippen MR) is 82.2 cm³/mol. The minimum Gasteiger partial charge on any atom is -0.368 e. The van der Waals surface area contributed by atoms with Gasteiger partial charge in [0.1, 0.15) is 0 Å². The number of nitrogens with two attached hydrogens (primary N) is 1. The molecule has 0 radical (unpaired) electrons. The second-order valence-electron chi connectivity index (χ2n) is 6.42. The molecule has 0 saturated heterocycles. The van der Waals surface area contributed by atoms with Gasteiger partial charge in [-0.2, -0.15) is 0 Å². The van der Waals surface area contributed by atoms with Crippen molar-refractivity contribution >= 4 is 5.91 Å². The van der Waals surface area contributed by atoms with E-state index in [1.807, 2.05) is 0 Å². The average molecular weight is 274 g/mol. The monoisotopic (exact) mass is 274 g/mol. The summed E-state index contributed by atoms with van der Waals surface area (Å²) in [4.78, 5) is 11.7. The first-order chi connectivity index (χ1) is 9.52. The molecule has 0 heterocycles. The van der Waals surface area contributed by atoms with Crippen LogP contribution in [0.4, 0.5) is 0 Å². The molecule has 3 heteroatoms. The van der Waals surface area contributed by atoms with Gasteiger partial charge in [-0.05, 0) is 36.3 Å². The Labute approximate surface area is 121 Å². The first-order valence-electron chi connectivity index (χ1n) is 7.64. The van der Waals surface area contributed by atoms with Crippen molar-refractivity contribution in [2.24, 2.45) is 11.7 Å². The van der Waals surface area contributed by atoms with Gasteiger partial charge in [0.25, 0.3) is 0 Å². The lowest BCUT2D eigenvalue weighted by Gasteiger charge is -2.26. The van der Waals surface area contributed by atoms with Gasteiger partial charge in [-0.25, -0.2) is 0 Å². The third-order valence-corrected chi connectivity index (χ3v) is 4.23. The lowest BCUT2D eigenvalue weighted by atomic mass is 9.96. The van der Waals surface area contributed by atoms with Crippen molar-refractivity contribution < 1.29 is 4.79 Å². The molecule has 0 spiro atoms. The summed E-state index contributed by atoms with van der Waals surface area (Å²) in [7, 11) is 0. The Morgan fingerprint density at radius 1 is 1.20 bits per heavy atom. The summed E-state index contributed by atoms with van der Waals surface area (Å²) in [6.45, 7) is 5.17. The maximum Gasteiger partial charge on any atom is 0.237 e. The number of hydrogen-bond acceptors (Lipinski definition) is 2. The molecular formula is C17H26N2O. The Bertz CT molecular complexity index is 445. The zero-order valence-corrected chi connectivity index (χ0v) is 12.6. The number of primary amides is 1. The molecule has 0 aliphatic heterocycles. The maximum absolute atomic E-state index is 11.7. The SMILES string of the molecule is CC(C)Cc1ccc(CNC2(C(N)=O)CCCC2)cc1. The highest BCUT2D eigenvalue weighted by atomic mass is 16.1. The smallest absolute Gasteiger partial charge is 0.237 e. The molecule has 0 bridgehead atoms. The Kier molecular flexibility index (Phi) is 4.81. The zero-order chi connectivity index (χ0) is 14.6. The van der Waals surface area contributed by atoms with Gasteiger partial charge >= 0.3 is 0 Å². The van der Waals surface area contributed by atoms with Crippen molar-refractivity contribution in [3.05, 3.63) is 35.4 Å². The lowest BCUT2D eigenvalue weighted by Crippen LogP contribution is -2.53. The normalized spacial score (nSPS) is 17.6. The minimum atomic E-state index is -0.476. The molecule has 1 fully saturated rings. The maximum atomic E-state index is 11.7. The van der Waals surface area contributed by atoms with Gasteiger partial charge in [-0.3, -0.25) is 10.1 Å². The molecule has 0 atom stereocenters. The summed E-state index contributed by atoms with van der Waals surface area (Å²) in [6.07, 6.45) is 5.02. The zero-order valence-electron chi connectivity index (χ0n) is 12.6. The fourth-order valence-electron chi connectivity index (χ4n) is 3.02. The summed E-state index contributed by atoms with van der Waals surface area (Å²) in [5.41, 5.74) is 7.68. The van der Waals surface area contributed by atoms with E-state index in [-0.39, 0.29) is 5.91 Å². The van der Waals surface area contributed by atoms with Crippen molar-refractivity contribution in [2.45, 2.75) is 58.0 Å². The molecule has 1 aliphatic carbocycles. The number of benzene rings is 1. The van der Waals surface area contributed by atoms with Crippen LogP contribution in [-0.2, 0) is 17.8 Å². The molecule has 1 aromatic carbocycles. The van der Waals surface area contributed by atoms with Gasteiger partial charge in [0.05, 0.1) is 5.54 Å². The van der Waals surface area contributed by atoms with Gasteiger partial charge in [-0.15, -0.1) is 0 Å². The minimum absolute atomic E-state index is 0.202. The Hall–Kier alpha value is -1.35. The van der Waals surface area contributed by atoms with Crippen LogP contribution in [-0.4, -0.2) is 11.4 Å². The molecule has 1 saturated carbocycles. The van der Waals surface area contributed by atoms with Crippen molar-refractivity contribution in [1.29, 1.82) is 0 Å². The number of rotatable bonds is 6. The molecule has 3 nitrogen and oxygen atoms in total. The van der Waals surface area contributed by atoms with Crippen LogP contribution in [0, 0.1) is 5.92 Å². The molecule has 1 aliphatic rings. The summed E-state index contributed by atoms with van der Waals surface area (Å²) >= 11 is 0. The van der Waals surface area contributed by atoms with Gasteiger partial charge < -0.3 is 5.73 Å². The average Bonchev–Trinajstić information content (AvgIpc) is 2.87. The molecular weight excluding hydrogens is 248 g/mol. The van der Waals surface area contributed by atoms with Crippen LogP contribution < -0.4 is 11.1 Å². The first kappa shape index (κ1) is 15.0. The molecule has 0 aromatic heterocycles.